The van der Waals surface area contributed by atoms with Crippen LogP contribution in [0.2, 0.25) is 0 Å². The number of aromatic nitrogens is 1. The highest BCUT2D eigenvalue weighted by molar-refractivity contribution is 6.01. The number of ether oxygens (including phenoxy) is 1. The molecule has 5 rings (SSSR count). The number of amides is 1. The number of benzene rings is 2. The molecule has 2 fully saturated rings. The number of morpholine rings is 1. The van der Waals surface area contributed by atoms with Gasteiger partial charge in [-0.3, -0.25) is 9.69 Å². The van der Waals surface area contributed by atoms with Crippen molar-refractivity contribution in [3.05, 3.63) is 78.0 Å². The predicted molar refractivity (Wildman–Crippen MR) is 131 cm³/mol. The molecule has 2 aliphatic rings. The lowest BCUT2D eigenvalue weighted by molar-refractivity contribution is 0.0187. The first-order valence-corrected chi connectivity index (χ1v) is 11.9. The molecule has 33 heavy (non-hydrogen) atoms. The molecule has 0 unspecified atom stereocenters. The van der Waals surface area contributed by atoms with Crippen molar-refractivity contribution in [2.75, 3.05) is 52.5 Å². The van der Waals surface area contributed by atoms with Gasteiger partial charge >= 0.3 is 0 Å². The van der Waals surface area contributed by atoms with Crippen LogP contribution >= 0.6 is 0 Å². The highest BCUT2D eigenvalue weighted by Crippen LogP contribution is 2.32. The van der Waals surface area contributed by atoms with Gasteiger partial charge in [0.05, 0.1) is 30.5 Å². The number of hydrogen-bond acceptors (Lipinski definition) is 4. The standard InChI is InChI=1S/C27H32N4O2/c1-21-18-25(26(22-8-4-2-5-9-22)31(21)23-10-6-3-7-11-23)27(32)30-13-12-28-19-24(30)20-29-14-16-33-17-15-29/h2-11,18,24,28H,12-17,19-20H2,1H3/t24-/m0/s1. The zero-order chi connectivity index (χ0) is 22.6. The molecule has 0 radical (unpaired) electrons. The second-order valence-electron chi connectivity index (χ2n) is 8.85. The summed E-state index contributed by atoms with van der Waals surface area (Å²) in [6.45, 7) is 8.72. The van der Waals surface area contributed by atoms with E-state index < -0.39 is 0 Å². The minimum atomic E-state index is 0.117. The molecule has 0 spiro atoms. The van der Waals surface area contributed by atoms with Crippen molar-refractivity contribution in [1.82, 2.24) is 19.7 Å². The summed E-state index contributed by atoms with van der Waals surface area (Å²) in [4.78, 5) is 18.6. The molecule has 1 N–H and O–H groups in total. The summed E-state index contributed by atoms with van der Waals surface area (Å²) in [6, 6.07) is 22.8. The van der Waals surface area contributed by atoms with Crippen LogP contribution in [0, 0.1) is 6.92 Å². The average Bonchev–Trinajstić information content (AvgIpc) is 3.22. The van der Waals surface area contributed by atoms with Crippen LogP contribution in [0.3, 0.4) is 0 Å². The van der Waals surface area contributed by atoms with E-state index in [1.54, 1.807) is 0 Å². The Labute approximate surface area is 195 Å². The summed E-state index contributed by atoms with van der Waals surface area (Å²) in [7, 11) is 0. The van der Waals surface area contributed by atoms with Crippen LogP contribution in [0.4, 0.5) is 0 Å². The third-order valence-electron chi connectivity index (χ3n) is 6.66. The normalized spacial score (nSPS) is 19.5. The summed E-state index contributed by atoms with van der Waals surface area (Å²) in [5.74, 6) is 0.117. The number of rotatable bonds is 5. The quantitative estimate of drug-likeness (QED) is 0.657. The number of aryl methyl sites for hydroxylation is 1. The maximum absolute atomic E-state index is 14.1. The van der Waals surface area contributed by atoms with Crippen LogP contribution in [0.25, 0.3) is 16.9 Å². The molecule has 2 aromatic carbocycles. The van der Waals surface area contributed by atoms with Gasteiger partial charge in [0, 0.05) is 50.6 Å². The predicted octanol–water partition coefficient (Wildman–Crippen LogP) is 3.20. The van der Waals surface area contributed by atoms with Crippen molar-refractivity contribution in [3.63, 3.8) is 0 Å². The molecule has 1 amide bonds. The van der Waals surface area contributed by atoms with Crippen molar-refractivity contribution >= 4 is 5.91 Å². The van der Waals surface area contributed by atoms with Crippen LogP contribution < -0.4 is 5.32 Å². The molecular formula is C27H32N4O2. The molecule has 2 aliphatic heterocycles. The van der Waals surface area contributed by atoms with E-state index in [9.17, 15) is 4.79 Å². The smallest absolute Gasteiger partial charge is 0.256 e. The second-order valence-corrected chi connectivity index (χ2v) is 8.85. The third kappa shape index (κ3) is 4.60. The van der Waals surface area contributed by atoms with Crippen LogP contribution in [0.15, 0.2) is 66.7 Å². The molecule has 3 aromatic rings. The van der Waals surface area contributed by atoms with Gasteiger partial charge in [0.25, 0.3) is 5.91 Å². The number of carbonyl (C=O) groups excluding carboxylic acids is 1. The van der Waals surface area contributed by atoms with Gasteiger partial charge in [-0.2, -0.15) is 0 Å². The first kappa shape index (κ1) is 21.9. The lowest BCUT2D eigenvalue weighted by atomic mass is 10.0. The van der Waals surface area contributed by atoms with Crippen LogP contribution in [-0.2, 0) is 4.74 Å². The Hall–Kier alpha value is -2.93. The minimum Gasteiger partial charge on any atom is -0.379 e. The zero-order valence-corrected chi connectivity index (χ0v) is 19.2. The number of nitrogens with zero attached hydrogens (tertiary/aromatic N) is 3. The molecule has 6 heteroatoms. The molecule has 1 atom stereocenters. The first-order chi connectivity index (χ1) is 16.2. The molecule has 0 aliphatic carbocycles. The Kier molecular flexibility index (Phi) is 6.58. The summed E-state index contributed by atoms with van der Waals surface area (Å²) in [5.41, 5.74) is 4.92. The Morgan fingerprint density at radius 1 is 1.00 bits per heavy atom. The SMILES string of the molecule is Cc1cc(C(=O)N2CCNC[C@H]2CN2CCOCC2)c(-c2ccccc2)n1-c1ccccc1. The fraction of sp³-hybridized carbons (Fsp3) is 0.370. The Morgan fingerprint density at radius 2 is 1.70 bits per heavy atom. The van der Waals surface area contributed by atoms with Crippen LogP contribution in [0.5, 0.6) is 0 Å². The van der Waals surface area contributed by atoms with Crippen molar-refractivity contribution in [2.45, 2.75) is 13.0 Å². The highest BCUT2D eigenvalue weighted by Gasteiger charge is 2.32. The molecule has 6 nitrogen and oxygen atoms in total. The van der Waals surface area contributed by atoms with Gasteiger partial charge < -0.3 is 19.5 Å². The van der Waals surface area contributed by atoms with E-state index in [2.05, 4.69) is 56.9 Å². The van der Waals surface area contributed by atoms with Gasteiger partial charge in [-0.1, -0.05) is 48.5 Å². The fourth-order valence-corrected chi connectivity index (χ4v) is 5.02. The van der Waals surface area contributed by atoms with Gasteiger partial charge in [0.15, 0.2) is 0 Å². The van der Waals surface area contributed by atoms with Crippen molar-refractivity contribution in [2.24, 2.45) is 0 Å². The highest BCUT2D eigenvalue weighted by atomic mass is 16.5. The van der Waals surface area contributed by atoms with E-state index in [4.69, 9.17) is 4.74 Å². The number of hydrogen-bond donors (Lipinski definition) is 1. The van der Waals surface area contributed by atoms with Gasteiger partial charge in [0.2, 0.25) is 0 Å². The topological polar surface area (TPSA) is 49.7 Å². The summed E-state index contributed by atoms with van der Waals surface area (Å²) in [5, 5.41) is 3.49. The van der Waals surface area contributed by atoms with Gasteiger partial charge in [-0.25, -0.2) is 0 Å². The summed E-state index contributed by atoms with van der Waals surface area (Å²) >= 11 is 0. The average molecular weight is 445 g/mol. The molecule has 0 bridgehead atoms. The number of piperazine rings is 1. The molecule has 3 heterocycles. The van der Waals surface area contributed by atoms with E-state index in [1.165, 1.54) is 0 Å². The van der Waals surface area contributed by atoms with Crippen molar-refractivity contribution in [1.29, 1.82) is 0 Å². The molecule has 172 valence electrons. The largest absolute Gasteiger partial charge is 0.379 e. The minimum absolute atomic E-state index is 0.117. The zero-order valence-electron chi connectivity index (χ0n) is 19.2. The second kappa shape index (κ2) is 9.91. The van der Waals surface area contributed by atoms with Gasteiger partial charge in [-0.05, 0) is 30.7 Å². The molecule has 2 saturated heterocycles. The third-order valence-corrected chi connectivity index (χ3v) is 6.66. The molecule has 1 aromatic heterocycles. The van der Waals surface area contributed by atoms with E-state index in [1.807, 2.05) is 36.4 Å². The first-order valence-electron chi connectivity index (χ1n) is 11.9. The van der Waals surface area contributed by atoms with Crippen molar-refractivity contribution < 1.29 is 9.53 Å². The summed E-state index contributed by atoms with van der Waals surface area (Å²) in [6.07, 6.45) is 0. The number of para-hydroxylation sites is 1. The van der Waals surface area contributed by atoms with Crippen LogP contribution in [-0.4, -0.2) is 78.8 Å². The van der Waals surface area contributed by atoms with E-state index in [0.29, 0.717) is 0 Å². The monoisotopic (exact) mass is 444 g/mol. The Balaban J connectivity index is 1.53. The fourth-order valence-electron chi connectivity index (χ4n) is 5.02. The van der Waals surface area contributed by atoms with E-state index in [-0.39, 0.29) is 11.9 Å². The number of carbonyl (C=O) groups is 1. The van der Waals surface area contributed by atoms with Crippen LogP contribution in [0.1, 0.15) is 16.1 Å². The van der Waals surface area contributed by atoms with E-state index in [0.717, 1.165) is 80.7 Å². The maximum atomic E-state index is 14.1. The molecular weight excluding hydrogens is 412 g/mol. The number of nitrogens with one attached hydrogen (secondary N) is 1. The lowest BCUT2D eigenvalue weighted by Gasteiger charge is -2.40. The maximum Gasteiger partial charge on any atom is 0.256 e. The van der Waals surface area contributed by atoms with Crippen molar-refractivity contribution in [3.8, 4) is 16.9 Å². The Bertz CT molecular complexity index is 1070. The Morgan fingerprint density at radius 3 is 2.42 bits per heavy atom. The lowest BCUT2D eigenvalue weighted by Crippen LogP contribution is -2.58. The van der Waals surface area contributed by atoms with Gasteiger partial charge in [-0.15, -0.1) is 0 Å². The summed E-state index contributed by atoms with van der Waals surface area (Å²) < 4.78 is 7.72. The van der Waals surface area contributed by atoms with Gasteiger partial charge in [0.1, 0.15) is 0 Å². The molecule has 0 saturated carbocycles. The van der Waals surface area contributed by atoms with E-state index >= 15 is 0 Å².